The van der Waals surface area contributed by atoms with Crippen molar-refractivity contribution in [3.63, 3.8) is 0 Å². The van der Waals surface area contributed by atoms with E-state index < -0.39 is 35.4 Å². The number of nitrogens with zero attached hydrogens (tertiary/aromatic N) is 2. The molecule has 0 saturated carbocycles. The molecule has 3 atom stereocenters. The van der Waals surface area contributed by atoms with E-state index >= 15 is 0 Å². The molecule has 2 aliphatic rings. The van der Waals surface area contributed by atoms with Crippen molar-refractivity contribution in [3.8, 4) is 10.4 Å². The number of aromatic nitrogens is 1. The molecule has 1 aromatic carbocycles. The summed E-state index contributed by atoms with van der Waals surface area (Å²) >= 11 is 1.58. The van der Waals surface area contributed by atoms with E-state index in [-0.39, 0.29) is 57.1 Å². The Morgan fingerprint density at radius 3 is 2.43 bits per heavy atom. The molecule has 2 aromatic rings. The Morgan fingerprint density at radius 1 is 1.09 bits per heavy atom. The van der Waals surface area contributed by atoms with Crippen LogP contribution in [0.15, 0.2) is 29.8 Å². The van der Waals surface area contributed by atoms with Gasteiger partial charge in [0.25, 0.3) is 0 Å². The number of amides is 3. The lowest BCUT2D eigenvalue weighted by Gasteiger charge is -2.35. The topological polar surface area (TPSA) is 151 Å². The molecule has 0 spiro atoms. The molecule has 14 heteroatoms. The van der Waals surface area contributed by atoms with Crippen LogP contribution in [-0.4, -0.2) is 110 Å². The van der Waals surface area contributed by atoms with Crippen LogP contribution in [0.4, 0.5) is 0 Å². The first-order valence-corrected chi connectivity index (χ1v) is 16.9. The van der Waals surface area contributed by atoms with Crippen LogP contribution in [0.25, 0.3) is 10.4 Å². The molecule has 4 rings (SSSR count). The second-order valence-electron chi connectivity index (χ2n) is 12.9. The molecule has 12 nitrogen and oxygen atoms in total. The Kier molecular flexibility index (Phi) is 15.5. The summed E-state index contributed by atoms with van der Waals surface area (Å²) in [5.41, 5.74) is 4.11. The lowest BCUT2D eigenvalue weighted by Crippen LogP contribution is -2.58. The number of thiazole rings is 1. The quantitative estimate of drug-likeness (QED) is 0.206. The average Bonchev–Trinajstić information content (AvgIpc) is 3.65. The van der Waals surface area contributed by atoms with Gasteiger partial charge in [0.2, 0.25) is 17.7 Å². The van der Waals surface area contributed by atoms with Crippen molar-refractivity contribution in [3.05, 3.63) is 41.0 Å². The van der Waals surface area contributed by atoms with E-state index in [4.69, 9.17) is 14.2 Å². The molecular formula is C33H50ClN5O7S. The molecule has 2 fully saturated rings. The molecule has 1 aromatic heterocycles. The summed E-state index contributed by atoms with van der Waals surface area (Å²) in [7, 11) is 0. The number of aliphatic hydroxyl groups is 1. The van der Waals surface area contributed by atoms with E-state index in [0.29, 0.717) is 19.8 Å². The van der Waals surface area contributed by atoms with Crippen LogP contribution in [0.3, 0.4) is 0 Å². The molecule has 0 bridgehead atoms. The first-order valence-electron chi connectivity index (χ1n) is 16.1. The molecule has 0 radical (unpaired) electrons. The van der Waals surface area contributed by atoms with Gasteiger partial charge in [-0.1, -0.05) is 45.0 Å². The summed E-state index contributed by atoms with van der Waals surface area (Å²) in [5, 5.41) is 19.5. The van der Waals surface area contributed by atoms with Gasteiger partial charge in [-0.15, -0.1) is 23.7 Å². The molecule has 2 saturated heterocycles. The number of nitrogens with one attached hydrogen (secondary N) is 3. The Balaban J connectivity index is 0.00000600. The first-order chi connectivity index (χ1) is 22.0. The van der Waals surface area contributed by atoms with Crippen molar-refractivity contribution in [2.75, 3.05) is 52.7 Å². The fourth-order valence-corrected chi connectivity index (χ4v) is 6.42. The highest BCUT2D eigenvalue weighted by atomic mass is 35.5. The second kappa shape index (κ2) is 18.8. The zero-order chi connectivity index (χ0) is 33.1. The smallest absolute Gasteiger partial charge is 0.246 e. The maximum atomic E-state index is 13.8. The maximum absolute atomic E-state index is 13.8. The number of hydrogen-bond donors (Lipinski definition) is 4. The Hall–Kier alpha value is -2.65. The Labute approximate surface area is 287 Å². The van der Waals surface area contributed by atoms with Crippen molar-refractivity contribution < 1.29 is 33.7 Å². The van der Waals surface area contributed by atoms with Crippen LogP contribution in [-0.2, 0) is 35.1 Å². The van der Waals surface area contributed by atoms with Crippen molar-refractivity contribution in [1.82, 2.24) is 25.8 Å². The van der Waals surface area contributed by atoms with Gasteiger partial charge < -0.3 is 40.2 Å². The summed E-state index contributed by atoms with van der Waals surface area (Å²) in [6.45, 7) is 11.0. The van der Waals surface area contributed by atoms with Gasteiger partial charge in [-0.25, -0.2) is 4.98 Å². The third-order valence-electron chi connectivity index (χ3n) is 8.18. The SMILES string of the molecule is Cc1ncsc1-c1ccc(CNC(=O)[C@@H]2C[C@@H](O)CN2C(=O)[C@@H](NC(=O)COCCOCCOC2CCNCC2)C(C)(C)C)cc1.Cl. The number of aryl methyl sites for hydroxylation is 1. The summed E-state index contributed by atoms with van der Waals surface area (Å²) in [6, 6.07) is 6.12. The molecule has 262 valence electrons. The fourth-order valence-electron chi connectivity index (χ4n) is 5.60. The van der Waals surface area contributed by atoms with Crippen molar-refractivity contribution in [2.45, 2.75) is 77.8 Å². The molecule has 4 N–H and O–H groups in total. The summed E-state index contributed by atoms with van der Waals surface area (Å²) in [4.78, 5) is 46.6. The molecular weight excluding hydrogens is 646 g/mol. The number of ether oxygens (including phenoxy) is 3. The van der Waals surface area contributed by atoms with Gasteiger partial charge in [-0.2, -0.15) is 0 Å². The highest BCUT2D eigenvalue weighted by molar-refractivity contribution is 7.13. The zero-order valence-corrected chi connectivity index (χ0v) is 29.4. The third-order valence-corrected chi connectivity index (χ3v) is 9.16. The second-order valence-corrected chi connectivity index (χ2v) is 13.8. The minimum atomic E-state index is -0.921. The van der Waals surface area contributed by atoms with Crippen LogP contribution in [0.2, 0.25) is 0 Å². The van der Waals surface area contributed by atoms with E-state index in [1.165, 1.54) is 4.90 Å². The Bertz CT molecular complexity index is 1280. The number of carbonyl (C=O) groups excluding carboxylic acids is 3. The van der Waals surface area contributed by atoms with Crippen LogP contribution in [0.1, 0.15) is 51.3 Å². The lowest BCUT2D eigenvalue weighted by atomic mass is 9.85. The maximum Gasteiger partial charge on any atom is 0.246 e. The van der Waals surface area contributed by atoms with Crippen molar-refractivity contribution in [1.29, 1.82) is 0 Å². The number of carbonyl (C=O) groups is 3. The first kappa shape index (κ1) is 38.8. The predicted octanol–water partition coefficient (Wildman–Crippen LogP) is 2.45. The molecule has 47 heavy (non-hydrogen) atoms. The normalized spacial score (nSPS) is 19.2. The number of benzene rings is 1. The zero-order valence-electron chi connectivity index (χ0n) is 27.8. The van der Waals surface area contributed by atoms with Gasteiger partial charge in [-0.05, 0) is 49.4 Å². The molecule has 3 heterocycles. The van der Waals surface area contributed by atoms with Crippen molar-refractivity contribution in [2.24, 2.45) is 5.41 Å². The van der Waals surface area contributed by atoms with Gasteiger partial charge in [0, 0.05) is 19.5 Å². The highest BCUT2D eigenvalue weighted by Gasteiger charge is 2.44. The average molecular weight is 696 g/mol. The minimum Gasteiger partial charge on any atom is -0.391 e. The number of β-amino-alcohol motifs (C(OH)–C–C–N with tert-alkyl or cyclic N) is 1. The fraction of sp³-hybridized carbons (Fsp3) is 0.636. The van der Waals surface area contributed by atoms with Crippen LogP contribution in [0.5, 0.6) is 0 Å². The van der Waals surface area contributed by atoms with Crippen LogP contribution < -0.4 is 16.0 Å². The number of aliphatic hydroxyl groups excluding tert-OH is 1. The molecule has 2 aliphatic heterocycles. The lowest BCUT2D eigenvalue weighted by molar-refractivity contribution is -0.144. The van der Waals surface area contributed by atoms with E-state index in [9.17, 15) is 19.5 Å². The summed E-state index contributed by atoms with van der Waals surface area (Å²) in [5.74, 6) is -1.21. The predicted molar refractivity (Wildman–Crippen MR) is 182 cm³/mol. The van der Waals surface area contributed by atoms with Gasteiger partial charge in [-0.3, -0.25) is 14.4 Å². The van der Waals surface area contributed by atoms with E-state index in [0.717, 1.165) is 47.6 Å². The Morgan fingerprint density at radius 2 is 1.77 bits per heavy atom. The number of rotatable bonds is 15. The highest BCUT2D eigenvalue weighted by Crippen LogP contribution is 2.28. The standard InChI is InChI=1S/C33H49N5O7S.ClH/c1-22-29(46-21-36-22)24-7-5-23(6-8-24)18-35-31(41)27-17-25(39)19-38(27)32(42)30(33(2,3)4)37-28(40)20-44-14-13-43-15-16-45-26-9-11-34-12-10-26;/h5-8,21,25-27,30,34,39H,9-20H2,1-4H3,(H,35,41)(H,37,40);1H/t25-,27+,30-;/m1./s1. The molecule has 0 unspecified atom stereocenters. The van der Waals surface area contributed by atoms with Crippen LogP contribution >= 0.6 is 23.7 Å². The number of hydrogen-bond acceptors (Lipinski definition) is 10. The van der Waals surface area contributed by atoms with E-state index in [2.05, 4.69) is 20.9 Å². The van der Waals surface area contributed by atoms with Gasteiger partial charge >= 0.3 is 0 Å². The van der Waals surface area contributed by atoms with Gasteiger partial charge in [0.15, 0.2) is 0 Å². The number of piperidine rings is 1. The van der Waals surface area contributed by atoms with Gasteiger partial charge in [0.1, 0.15) is 18.7 Å². The van der Waals surface area contributed by atoms with E-state index in [1.807, 2.05) is 57.5 Å². The van der Waals surface area contributed by atoms with E-state index in [1.54, 1.807) is 11.3 Å². The monoisotopic (exact) mass is 695 g/mol. The number of likely N-dealkylation sites (tertiary alicyclic amines) is 1. The summed E-state index contributed by atoms with van der Waals surface area (Å²) in [6.07, 6.45) is 1.57. The van der Waals surface area contributed by atoms with Crippen LogP contribution in [0, 0.1) is 12.3 Å². The van der Waals surface area contributed by atoms with Crippen molar-refractivity contribution >= 4 is 41.5 Å². The molecule has 3 amide bonds. The third kappa shape index (κ3) is 11.8. The number of halogens is 1. The molecule has 0 aliphatic carbocycles. The minimum absolute atomic E-state index is 0. The summed E-state index contributed by atoms with van der Waals surface area (Å²) < 4.78 is 16.8. The largest absolute Gasteiger partial charge is 0.391 e. The van der Waals surface area contributed by atoms with Gasteiger partial charge in [0.05, 0.1) is 54.7 Å².